The number of amides is 2. The number of allylic oxidation sites excluding steroid dienone is 1. The lowest BCUT2D eigenvalue weighted by atomic mass is 9.86. The van der Waals surface area contributed by atoms with Gasteiger partial charge in [0, 0.05) is 23.9 Å². The van der Waals surface area contributed by atoms with Gasteiger partial charge in [0.25, 0.3) is 5.69 Å². The number of rotatable bonds is 5. The highest BCUT2D eigenvalue weighted by Gasteiger charge is 2.64. The van der Waals surface area contributed by atoms with Crippen LogP contribution in [0, 0.1) is 22.0 Å². The van der Waals surface area contributed by atoms with Crippen molar-refractivity contribution in [2.75, 3.05) is 12.0 Å². The van der Waals surface area contributed by atoms with E-state index >= 15 is 0 Å². The molecule has 0 N–H and O–H groups in total. The van der Waals surface area contributed by atoms with Crippen LogP contribution in [-0.2, 0) is 9.59 Å². The third kappa shape index (κ3) is 3.10. The summed E-state index contributed by atoms with van der Waals surface area (Å²) in [5, 5.41) is 16.9. The monoisotopic (exact) mass is 446 g/mol. The molecule has 0 bridgehead atoms. The molecule has 0 radical (unpaired) electrons. The molecular formula is C23H18N4O6. The van der Waals surface area contributed by atoms with E-state index in [0.717, 1.165) is 4.90 Å². The summed E-state index contributed by atoms with van der Waals surface area (Å²) in [6.07, 6.45) is 4.90. The van der Waals surface area contributed by atoms with Crippen LogP contribution in [0.3, 0.4) is 0 Å². The Morgan fingerprint density at radius 2 is 1.82 bits per heavy atom. The number of nitrogens with zero attached hydrogens (tertiary/aromatic N) is 4. The molecule has 166 valence electrons. The number of imide groups is 1. The number of ketones is 1. The van der Waals surface area contributed by atoms with Gasteiger partial charge in [-0.05, 0) is 30.3 Å². The fraction of sp³-hybridized carbons (Fsp3) is 0.217. The molecule has 2 aromatic carbocycles. The number of methoxy groups -OCH3 is 1. The number of Topliss-reactive ketones (excluding diaryl/α,β-unsaturated/α-hetero) is 1. The molecular weight excluding hydrogens is 428 g/mol. The van der Waals surface area contributed by atoms with Crippen molar-refractivity contribution < 1.29 is 24.0 Å². The second-order valence-electron chi connectivity index (χ2n) is 7.90. The summed E-state index contributed by atoms with van der Waals surface area (Å²) in [6, 6.07) is 10.2. The van der Waals surface area contributed by atoms with E-state index in [1.165, 1.54) is 42.6 Å². The van der Waals surface area contributed by atoms with Crippen LogP contribution in [-0.4, -0.2) is 52.9 Å². The Bertz CT molecular complexity index is 1240. The molecule has 0 unspecified atom stereocenters. The molecule has 2 aromatic rings. The topological polar surface area (TPSA) is 122 Å². The molecule has 3 aliphatic rings. The predicted octanol–water partition coefficient (Wildman–Crippen LogP) is 2.20. The zero-order chi connectivity index (χ0) is 23.3. The number of fused-ring (bicyclic) bond motifs is 3. The molecule has 0 saturated carbocycles. The van der Waals surface area contributed by atoms with Crippen LogP contribution in [0.2, 0.25) is 0 Å². The first-order valence-corrected chi connectivity index (χ1v) is 10.2. The number of carbonyl (C=O) groups is 3. The molecule has 2 saturated heterocycles. The summed E-state index contributed by atoms with van der Waals surface area (Å²) in [5.74, 6) is -2.62. The summed E-state index contributed by atoms with van der Waals surface area (Å²) in [5.41, 5.74) is 0.237. The molecule has 2 fully saturated rings. The van der Waals surface area contributed by atoms with Crippen LogP contribution >= 0.6 is 0 Å². The molecule has 0 spiro atoms. The number of hydrazone groups is 1. The Hall–Kier alpha value is -4.34. The Morgan fingerprint density at radius 3 is 2.52 bits per heavy atom. The minimum Gasteiger partial charge on any atom is -0.497 e. The fourth-order valence-electron chi connectivity index (χ4n) is 4.77. The summed E-state index contributed by atoms with van der Waals surface area (Å²) in [4.78, 5) is 52.2. The number of benzene rings is 2. The zero-order valence-corrected chi connectivity index (χ0v) is 17.4. The molecule has 0 aromatic heterocycles. The first kappa shape index (κ1) is 20.6. The van der Waals surface area contributed by atoms with Crippen LogP contribution in [0.15, 0.2) is 65.8 Å². The van der Waals surface area contributed by atoms with Gasteiger partial charge in [0.1, 0.15) is 11.8 Å². The minimum absolute atomic E-state index is 0.0847. The maximum Gasteiger partial charge on any atom is 0.270 e. The van der Waals surface area contributed by atoms with Crippen molar-refractivity contribution in [3.05, 3.63) is 76.4 Å². The minimum atomic E-state index is -1.07. The van der Waals surface area contributed by atoms with Gasteiger partial charge >= 0.3 is 0 Å². The summed E-state index contributed by atoms with van der Waals surface area (Å²) < 4.78 is 5.14. The maximum absolute atomic E-state index is 13.5. The van der Waals surface area contributed by atoms with Gasteiger partial charge in [-0.2, -0.15) is 5.10 Å². The summed E-state index contributed by atoms with van der Waals surface area (Å²) in [7, 11) is 1.51. The molecule has 5 rings (SSSR count). The van der Waals surface area contributed by atoms with Crippen molar-refractivity contribution in [3.63, 3.8) is 0 Å². The number of nitro groups is 1. The van der Waals surface area contributed by atoms with Crippen molar-refractivity contribution in [3.8, 4) is 5.75 Å². The number of ether oxygens (including phenoxy) is 1. The van der Waals surface area contributed by atoms with E-state index in [1.54, 1.807) is 36.4 Å². The second-order valence-corrected chi connectivity index (χ2v) is 7.90. The van der Waals surface area contributed by atoms with Gasteiger partial charge in [0.05, 0.1) is 35.6 Å². The van der Waals surface area contributed by atoms with Gasteiger partial charge in [0.2, 0.25) is 11.8 Å². The lowest BCUT2D eigenvalue weighted by Crippen LogP contribution is -2.46. The van der Waals surface area contributed by atoms with Crippen molar-refractivity contribution in [2.45, 2.75) is 12.1 Å². The van der Waals surface area contributed by atoms with E-state index in [-0.39, 0.29) is 11.3 Å². The van der Waals surface area contributed by atoms with Crippen LogP contribution < -0.4 is 9.64 Å². The van der Waals surface area contributed by atoms with Crippen molar-refractivity contribution in [1.82, 2.24) is 5.01 Å². The van der Waals surface area contributed by atoms with Gasteiger partial charge in [0.15, 0.2) is 5.78 Å². The van der Waals surface area contributed by atoms with Gasteiger partial charge in [-0.3, -0.25) is 29.5 Å². The first-order chi connectivity index (χ1) is 15.9. The fourth-order valence-corrected chi connectivity index (χ4v) is 4.77. The van der Waals surface area contributed by atoms with Gasteiger partial charge in [-0.1, -0.05) is 18.2 Å². The van der Waals surface area contributed by atoms with Gasteiger partial charge < -0.3 is 4.74 Å². The molecule has 2 amide bonds. The third-order valence-electron chi connectivity index (χ3n) is 6.23. The molecule has 3 heterocycles. The van der Waals surface area contributed by atoms with E-state index in [0.29, 0.717) is 11.4 Å². The number of hydrogen-bond donors (Lipinski definition) is 0. The van der Waals surface area contributed by atoms with Crippen LogP contribution in [0.4, 0.5) is 11.4 Å². The molecule has 10 nitrogen and oxygen atoms in total. The summed E-state index contributed by atoms with van der Waals surface area (Å²) >= 11 is 0. The molecule has 3 aliphatic heterocycles. The quantitative estimate of drug-likeness (QED) is 0.299. The Kier molecular flexibility index (Phi) is 4.77. The zero-order valence-electron chi connectivity index (χ0n) is 17.4. The lowest BCUT2D eigenvalue weighted by Gasteiger charge is -2.30. The molecule has 4 atom stereocenters. The number of nitro benzene ring substituents is 1. The maximum atomic E-state index is 13.5. The normalized spacial score (nSPS) is 25.2. The van der Waals surface area contributed by atoms with E-state index in [9.17, 15) is 24.5 Å². The van der Waals surface area contributed by atoms with Crippen molar-refractivity contribution in [2.24, 2.45) is 16.9 Å². The highest BCUT2D eigenvalue weighted by Crippen LogP contribution is 2.46. The van der Waals surface area contributed by atoms with Crippen LogP contribution in [0.5, 0.6) is 5.75 Å². The average molecular weight is 446 g/mol. The van der Waals surface area contributed by atoms with Crippen molar-refractivity contribution >= 4 is 35.2 Å². The highest BCUT2D eigenvalue weighted by molar-refractivity contribution is 6.24. The van der Waals surface area contributed by atoms with Crippen LogP contribution in [0.25, 0.3) is 0 Å². The average Bonchev–Trinajstić information content (AvgIpc) is 3.31. The number of non-ortho nitro benzene ring substituents is 1. The standard InChI is InChI=1S/C23H18N4O6/c1-33-16-9-7-14(8-10-16)25-22(29)18-17-6-3-11-24-26(17)20(19(18)23(25)30)21(28)13-4-2-5-15(12-13)27(31)32/h2-12,17-20H,1H3/t17-,18+,19+,20-/m1/s1. The first-order valence-electron chi connectivity index (χ1n) is 10.2. The Balaban J connectivity index is 1.55. The smallest absolute Gasteiger partial charge is 0.270 e. The largest absolute Gasteiger partial charge is 0.497 e. The van der Waals surface area contributed by atoms with Gasteiger partial charge in [-0.15, -0.1) is 0 Å². The lowest BCUT2D eigenvalue weighted by molar-refractivity contribution is -0.384. The number of hydrogen-bond acceptors (Lipinski definition) is 8. The van der Waals surface area contributed by atoms with E-state index in [2.05, 4.69) is 5.10 Å². The third-order valence-corrected chi connectivity index (χ3v) is 6.23. The summed E-state index contributed by atoms with van der Waals surface area (Å²) in [6.45, 7) is 0. The van der Waals surface area contributed by atoms with Gasteiger partial charge in [-0.25, -0.2) is 4.90 Å². The van der Waals surface area contributed by atoms with E-state index in [4.69, 9.17) is 4.74 Å². The molecule has 10 heteroatoms. The van der Waals surface area contributed by atoms with E-state index < -0.39 is 46.4 Å². The predicted molar refractivity (Wildman–Crippen MR) is 117 cm³/mol. The number of carbonyl (C=O) groups excluding carboxylic acids is 3. The SMILES string of the molecule is COc1ccc(N2C(=O)[C@@H]3[C@H](C2=O)[C@H](C(=O)c2cccc([N+](=O)[O-])c2)N2N=CC=C[C@H]32)cc1. The molecule has 33 heavy (non-hydrogen) atoms. The Labute approximate surface area is 187 Å². The second kappa shape index (κ2) is 7.66. The number of anilines is 1. The molecule has 0 aliphatic carbocycles. The van der Waals surface area contributed by atoms with E-state index in [1.807, 2.05) is 0 Å². The highest BCUT2D eigenvalue weighted by atomic mass is 16.6. The van der Waals surface area contributed by atoms with Crippen LogP contribution in [0.1, 0.15) is 10.4 Å². The Morgan fingerprint density at radius 1 is 1.09 bits per heavy atom. The van der Waals surface area contributed by atoms with Crippen molar-refractivity contribution in [1.29, 1.82) is 0 Å².